The van der Waals surface area contributed by atoms with Gasteiger partial charge in [-0.05, 0) is 43.7 Å². The van der Waals surface area contributed by atoms with Crippen LogP contribution in [0.5, 0.6) is 5.75 Å². The van der Waals surface area contributed by atoms with Crippen LogP contribution in [0.25, 0.3) is 0 Å². The van der Waals surface area contributed by atoms with Crippen molar-refractivity contribution in [3.8, 4) is 5.75 Å². The zero-order chi connectivity index (χ0) is 14.5. The fourth-order valence-corrected chi connectivity index (χ4v) is 2.90. The molecule has 0 radical (unpaired) electrons. The Bertz CT molecular complexity index is 474. The number of hydrogen-bond acceptors (Lipinski definition) is 3. The van der Waals surface area contributed by atoms with Crippen molar-refractivity contribution in [2.45, 2.75) is 33.1 Å². The third-order valence-electron chi connectivity index (χ3n) is 3.94. The maximum atomic E-state index is 12.3. The molecule has 1 fully saturated rings. The molecule has 20 heavy (non-hydrogen) atoms. The molecule has 1 aliphatic carbocycles. The van der Waals surface area contributed by atoms with E-state index in [-0.39, 0.29) is 5.91 Å². The summed E-state index contributed by atoms with van der Waals surface area (Å²) < 4.78 is 5.49. The van der Waals surface area contributed by atoms with Gasteiger partial charge in [-0.2, -0.15) is 0 Å². The second-order valence-corrected chi connectivity index (χ2v) is 5.65. The fourth-order valence-electron chi connectivity index (χ4n) is 2.90. The predicted octanol–water partition coefficient (Wildman–Crippen LogP) is 2.83. The van der Waals surface area contributed by atoms with E-state index in [1.807, 2.05) is 6.92 Å². The van der Waals surface area contributed by atoms with Crippen LogP contribution in [0, 0.1) is 11.8 Å². The topological polar surface area (TPSA) is 64.3 Å². The number of nitrogens with two attached hydrogens (primary N) is 1. The lowest BCUT2D eigenvalue weighted by Gasteiger charge is -2.15. The number of benzene rings is 1. The number of ether oxygens (including phenoxy) is 1. The van der Waals surface area contributed by atoms with Gasteiger partial charge in [0, 0.05) is 12.2 Å². The number of hydrogen-bond donors (Lipinski definition) is 2. The first kappa shape index (κ1) is 14.7. The van der Waals surface area contributed by atoms with Gasteiger partial charge in [-0.25, -0.2) is 0 Å². The molecular formula is C16H24N2O2. The molecule has 0 aliphatic heterocycles. The molecule has 3 N–H and O–H groups in total. The van der Waals surface area contributed by atoms with E-state index in [0.29, 0.717) is 29.5 Å². The van der Waals surface area contributed by atoms with Crippen LogP contribution in [0.4, 0.5) is 5.69 Å². The molecule has 1 saturated carbocycles. The van der Waals surface area contributed by atoms with E-state index < -0.39 is 0 Å². The standard InChI is InChI=1S/C16H24N2O2/c1-3-20-14-6-4-5-13(17)15(14)16(19)18-10-12-8-7-11(2)9-12/h4-6,11-12H,3,7-10,17H2,1-2H3,(H,18,19). The second kappa shape index (κ2) is 6.64. The summed E-state index contributed by atoms with van der Waals surface area (Å²) in [5.41, 5.74) is 6.84. The lowest BCUT2D eigenvalue weighted by atomic mass is 10.1. The Morgan fingerprint density at radius 1 is 1.45 bits per heavy atom. The van der Waals surface area contributed by atoms with Crippen molar-refractivity contribution in [3.05, 3.63) is 23.8 Å². The number of carbonyl (C=O) groups is 1. The van der Waals surface area contributed by atoms with Gasteiger partial charge in [0.15, 0.2) is 0 Å². The Balaban J connectivity index is 2.01. The predicted molar refractivity (Wildman–Crippen MR) is 80.9 cm³/mol. The quantitative estimate of drug-likeness (QED) is 0.813. The molecule has 0 bridgehead atoms. The largest absolute Gasteiger partial charge is 0.493 e. The molecule has 4 heteroatoms. The summed E-state index contributed by atoms with van der Waals surface area (Å²) in [5.74, 6) is 1.79. The van der Waals surface area contributed by atoms with Crippen LogP contribution in [-0.4, -0.2) is 19.1 Å². The normalized spacial score (nSPS) is 21.7. The highest BCUT2D eigenvalue weighted by molar-refractivity contribution is 6.01. The third kappa shape index (κ3) is 3.44. The van der Waals surface area contributed by atoms with Gasteiger partial charge < -0.3 is 15.8 Å². The molecule has 1 aromatic carbocycles. The minimum Gasteiger partial charge on any atom is -0.493 e. The van der Waals surface area contributed by atoms with Crippen LogP contribution < -0.4 is 15.8 Å². The average molecular weight is 276 g/mol. The van der Waals surface area contributed by atoms with E-state index >= 15 is 0 Å². The van der Waals surface area contributed by atoms with Crippen LogP contribution in [0.15, 0.2) is 18.2 Å². The highest BCUT2D eigenvalue weighted by Crippen LogP contribution is 2.30. The summed E-state index contributed by atoms with van der Waals surface area (Å²) in [6.07, 6.45) is 3.66. The fraction of sp³-hybridized carbons (Fsp3) is 0.562. The van der Waals surface area contributed by atoms with Crippen LogP contribution in [0.2, 0.25) is 0 Å². The molecule has 0 saturated heterocycles. The van der Waals surface area contributed by atoms with Gasteiger partial charge >= 0.3 is 0 Å². The Labute approximate surface area is 120 Å². The summed E-state index contributed by atoms with van der Waals surface area (Å²) in [6, 6.07) is 5.32. The zero-order valence-electron chi connectivity index (χ0n) is 12.3. The molecule has 1 aliphatic rings. The molecule has 0 aromatic heterocycles. The molecular weight excluding hydrogens is 252 g/mol. The van der Waals surface area contributed by atoms with Gasteiger partial charge in [-0.1, -0.05) is 19.4 Å². The van der Waals surface area contributed by atoms with Crippen molar-refractivity contribution in [3.63, 3.8) is 0 Å². The summed E-state index contributed by atoms with van der Waals surface area (Å²) in [6.45, 7) is 5.40. The third-order valence-corrected chi connectivity index (χ3v) is 3.94. The van der Waals surface area contributed by atoms with Crippen LogP contribution in [0.1, 0.15) is 43.5 Å². The van der Waals surface area contributed by atoms with Gasteiger partial charge in [-0.15, -0.1) is 0 Å². The van der Waals surface area contributed by atoms with Crippen molar-refractivity contribution >= 4 is 11.6 Å². The van der Waals surface area contributed by atoms with Gasteiger partial charge in [0.05, 0.1) is 6.61 Å². The Hall–Kier alpha value is -1.71. The number of rotatable bonds is 5. The lowest BCUT2D eigenvalue weighted by molar-refractivity contribution is 0.0944. The molecule has 1 aromatic rings. The maximum Gasteiger partial charge on any atom is 0.257 e. The molecule has 2 unspecified atom stereocenters. The van der Waals surface area contributed by atoms with E-state index in [0.717, 1.165) is 12.5 Å². The molecule has 0 spiro atoms. The Morgan fingerprint density at radius 3 is 2.90 bits per heavy atom. The summed E-state index contributed by atoms with van der Waals surface area (Å²) in [7, 11) is 0. The minimum atomic E-state index is -0.133. The van der Waals surface area contributed by atoms with E-state index in [4.69, 9.17) is 10.5 Å². The van der Waals surface area contributed by atoms with Crippen molar-refractivity contribution in [1.82, 2.24) is 5.32 Å². The minimum absolute atomic E-state index is 0.133. The molecule has 1 amide bonds. The number of anilines is 1. The highest BCUT2D eigenvalue weighted by atomic mass is 16.5. The van der Waals surface area contributed by atoms with E-state index in [9.17, 15) is 4.79 Å². The molecule has 0 heterocycles. The smallest absolute Gasteiger partial charge is 0.257 e. The number of carbonyl (C=O) groups excluding carboxylic acids is 1. The van der Waals surface area contributed by atoms with Crippen molar-refractivity contribution in [1.29, 1.82) is 0 Å². The molecule has 4 nitrogen and oxygen atoms in total. The average Bonchev–Trinajstić information content (AvgIpc) is 2.82. The van der Waals surface area contributed by atoms with Gasteiger partial charge in [0.2, 0.25) is 0 Å². The SMILES string of the molecule is CCOc1cccc(N)c1C(=O)NCC1CCC(C)C1. The summed E-state index contributed by atoms with van der Waals surface area (Å²) in [4.78, 5) is 12.3. The van der Waals surface area contributed by atoms with Crippen LogP contribution in [-0.2, 0) is 0 Å². The van der Waals surface area contributed by atoms with E-state index in [1.165, 1.54) is 19.3 Å². The first-order valence-corrected chi connectivity index (χ1v) is 7.41. The van der Waals surface area contributed by atoms with E-state index in [1.54, 1.807) is 18.2 Å². The van der Waals surface area contributed by atoms with Gasteiger partial charge in [0.1, 0.15) is 11.3 Å². The van der Waals surface area contributed by atoms with Crippen LogP contribution in [0.3, 0.4) is 0 Å². The van der Waals surface area contributed by atoms with E-state index in [2.05, 4.69) is 12.2 Å². The zero-order valence-corrected chi connectivity index (χ0v) is 12.3. The Kier molecular flexibility index (Phi) is 4.88. The van der Waals surface area contributed by atoms with Crippen molar-refractivity contribution < 1.29 is 9.53 Å². The van der Waals surface area contributed by atoms with Gasteiger partial charge in [-0.3, -0.25) is 4.79 Å². The van der Waals surface area contributed by atoms with Crippen molar-refractivity contribution in [2.75, 3.05) is 18.9 Å². The van der Waals surface area contributed by atoms with Gasteiger partial charge in [0.25, 0.3) is 5.91 Å². The number of nitrogen functional groups attached to an aromatic ring is 1. The van der Waals surface area contributed by atoms with Crippen molar-refractivity contribution in [2.24, 2.45) is 11.8 Å². The first-order valence-electron chi connectivity index (χ1n) is 7.41. The summed E-state index contributed by atoms with van der Waals surface area (Å²) in [5, 5.41) is 3.00. The Morgan fingerprint density at radius 2 is 2.25 bits per heavy atom. The maximum absolute atomic E-state index is 12.3. The monoisotopic (exact) mass is 276 g/mol. The lowest BCUT2D eigenvalue weighted by Crippen LogP contribution is -2.29. The molecule has 2 rings (SSSR count). The first-order chi connectivity index (χ1) is 9.61. The second-order valence-electron chi connectivity index (χ2n) is 5.65. The summed E-state index contributed by atoms with van der Waals surface area (Å²) >= 11 is 0. The highest BCUT2D eigenvalue weighted by Gasteiger charge is 2.23. The number of nitrogens with one attached hydrogen (secondary N) is 1. The molecule has 110 valence electrons. The molecule has 2 atom stereocenters. The number of amides is 1. The van der Waals surface area contributed by atoms with Crippen LogP contribution >= 0.6 is 0 Å².